The highest BCUT2D eigenvalue weighted by Crippen LogP contribution is 2.48. The predicted octanol–water partition coefficient (Wildman–Crippen LogP) is 33.0. The summed E-state index contributed by atoms with van der Waals surface area (Å²) in [6.45, 7) is 34.4. The van der Waals surface area contributed by atoms with E-state index in [4.69, 9.17) is 0 Å². The fraction of sp³-hybridized carbons (Fsp3) is 0.133. The third-order valence-electron chi connectivity index (χ3n) is 30.7. The summed E-state index contributed by atoms with van der Waals surface area (Å²) >= 11 is 0. The fourth-order valence-corrected chi connectivity index (χ4v) is 24.6. The minimum Gasteiger partial charge on any atom is -0.305 e. The number of hydrogen-bond acceptors (Lipinski definition) is 0. The molecule has 0 aliphatic heterocycles. The molecule has 0 saturated heterocycles. The van der Waals surface area contributed by atoms with Gasteiger partial charge in [-0.05, 0) is 234 Å². The van der Waals surface area contributed by atoms with E-state index in [0.29, 0.717) is 0 Å². The van der Waals surface area contributed by atoms with Gasteiger partial charge < -0.3 is 22.8 Å². The number of nitrogens with zero attached hydrogens (tertiary/aromatic N) is 11. The standard InChI is InChI=1S/2C49H41N4.C37H34N3/c1-32-40(49(3,4)5)25-18-30-41(32)50-33(2)51(45-29-17-16-28-44(45)50)48-46-38(36-23-12-14-26-42(36)52(46)34-19-8-6-9-20-34)31-39-37-24-13-15-27-43(37)53(47(39)48)35-21-10-7-11-22-35;1-32-39(49(3,4)5)23-17-29-40(32)50-33(2)51(45-28-16-15-27-44(45)50)48-46(53-42-25-13-9-20-35(42)36-21-10-14-26-43(36)53)31-30-38-37-22-11-12-24-41(37)52(47(38)48)34-18-7-6-8-19-34;1-25-30(37(3,4)5)19-14-23-31(25)38-26(2)39(34-22-12-11-21-33(34)38)35-24-13-18-29-28-17-9-10-20-32(28)40(36(29)35)27-15-7-6-8-16-27/h2*6-31H,1-5H3;6-24H,1-5H3/q3*+1. The van der Waals surface area contributed by atoms with E-state index < -0.39 is 0 Å². The van der Waals surface area contributed by atoms with Crippen molar-refractivity contribution >= 4 is 142 Å². The van der Waals surface area contributed by atoms with Crippen molar-refractivity contribution in [2.45, 2.75) is 120 Å². The van der Waals surface area contributed by atoms with E-state index in [-0.39, 0.29) is 16.2 Å². The molecule has 27 aromatic rings. The molecule has 8 heterocycles. The lowest BCUT2D eigenvalue weighted by molar-refractivity contribution is -0.575. The van der Waals surface area contributed by atoms with E-state index in [1.807, 2.05) is 0 Å². The van der Waals surface area contributed by atoms with Gasteiger partial charge in [0.05, 0.1) is 38.8 Å². The summed E-state index contributed by atoms with van der Waals surface area (Å²) in [4.78, 5) is 0. The van der Waals surface area contributed by atoms with Crippen molar-refractivity contribution in [3.8, 4) is 62.6 Å². The van der Waals surface area contributed by atoms with Gasteiger partial charge in [-0.2, -0.15) is 27.4 Å². The summed E-state index contributed by atoms with van der Waals surface area (Å²) in [7, 11) is 0. The second kappa shape index (κ2) is 34.7. The minimum atomic E-state index is 0.0118. The van der Waals surface area contributed by atoms with Crippen LogP contribution in [0, 0.1) is 41.5 Å². The van der Waals surface area contributed by atoms with Gasteiger partial charge in [-0.3, -0.25) is 0 Å². The zero-order valence-electron chi connectivity index (χ0n) is 85.4. The lowest BCUT2D eigenvalue weighted by Crippen LogP contribution is -2.36. The largest absolute Gasteiger partial charge is 0.305 e. The van der Waals surface area contributed by atoms with Crippen LogP contribution in [0.15, 0.2) is 431 Å². The zero-order chi connectivity index (χ0) is 99.6. The van der Waals surface area contributed by atoms with Crippen LogP contribution in [0.5, 0.6) is 0 Å². The number of aromatic nitrogens is 11. The molecule has 11 heteroatoms. The number of rotatable bonds is 11. The molecule has 0 saturated carbocycles. The van der Waals surface area contributed by atoms with Crippen LogP contribution in [0.4, 0.5) is 0 Å². The second-order valence-corrected chi connectivity index (χ2v) is 42.4. The Bertz CT molecular complexity index is 9740. The third kappa shape index (κ3) is 14.1. The first-order chi connectivity index (χ1) is 71.0. The summed E-state index contributed by atoms with van der Waals surface area (Å²) in [6, 6.07) is 157. The normalized spacial score (nSPS) is 12.2. The Kier molecular flexibility index (Phi) is 21.4. The quantitative estimate of drug-likeness (QED) is 0.116. The Balaban J connectivity index is 0.000000116. The average Bonchev–Trinajstić information content (AvgIpc) is 1.51. The van der Waals surface area contributed by atoms with E-state index in [1.165, 1.54) is 193 Å². The molecule has 0 aliphatic carbocycles. The first-order valence-corrected chi connectivity index (χ1v) is 51.2. The maximum Gasteiger partial charge on any atom is 0.264 e. The van der Waals surface area contributed by atoms with Crippen LogP contribution in [0.2, 0.25) is 0 Å². The number of imidazole rings is 3. The summed E-state index contributed by atoms with van der Waals surface area (Å²) in [6.07, 6.45) is 0. The van der Waals surface area contributed by atoms with E-state index in [0.717, 1.165) is 62.5 Å². The van der Waals surface area contributed by atoms with E-state index in [9.17, 15) is 0 Å². The molecule has 0 unspecified atom stereocenters. The van der Waals surface area contributed by atoms with E-state index in [1.54, 1.807) is 0 Å². The van der Waals surface area contributed by atoms with Gasteiger partial charge in [0.25, 0.3) is 17.5 Å². The van der Waals surface area contributed by atoms with Crippen LogP contribution in [0.25, 0.3) is 205 Å². The van der Waals surface area contributed by atoms with Gasteiger partial charge in [0.15, 0.2) is 50.2 Å². The maximum atomic E-state index is 2.54. The van der Waals surface area contributed by atoms with Crippen molar-refractivity contribution in [1.82, 2.24) is 36.5 Å². The molecule has 708 valence electrons. The third-order valence-corrected chi connectivity index (χ3v) is 30.7. The molecule has 0 atom stereocenters. The van der Waals surface area contributed by atoms with Crippen LogP contribution >= 0.6 is 0 Å². The predicted molar refractivity (Wildman–Crippen MR) is 611 cm³/mol. The number of benzene rings is 19. The molecule has 0 fully saturated rings. The first-order valence-electron chi connectivity index (χ1n) is 51.2. The van der Waals surface area contributed by atoms with Crippen molar-refractivity contribution in [3.05, 3.63) is 482 Å². The molecule has 0 bridgehead atoms. The van der Waals surface area contributed by atoms with Crippen LogP contribution in [0.3, 0.4) is 0 Å². The molecular formula is C135H116N11+3. The summed E-state index contributed by atoms with van der Waals surface area (Å²) in [5.41, 5.74) is 39.9. The maximum absolute atomic E-state index is 2.54. The zero-order valence-corrected chi connectivity index (χ0v) is 85.4. The molecule has 0 spiro atoms. The molecular weight excluding hydrogens is 1780 g/mol. The molecule has 8 aromatic heterocycles. The summed E-state index contributed by atoms with van der Waals surface area (Å²) < 4.78 is 27.2. The van der Waals surface area contributed by atoms with E-state index in [2.05, 4.69) is 585 Å². The fourth-order valence-electron chi connectivity index (χ4n) is 24.6. The highest BCUT2D eigenvalue weighted by atomic mass is 15.2. The number of para-hydroxylation sites is 17. The highest BCUT2D eigenvalue weighted by Gasteiger charge is 2.39. The van der Waals surface area contributed by atoms with Gasteiger partial charge in [-0.1, -0.05) is 329 Å². The molecule has 146 heavy (non-hydrogen) atoms. The van der Waals surface area contributed by atoms with Crippen molar-refractivity contribution in [1.29, 1.82) is 0 Å². The SMILES string of the molecule is Cc1c(-[n+]2c(C)n(-c3cccc4c5ccccc5n(-c5ccccc5)c34)c3ccccc32)cccc1C(C)(C)C.Cc1c(-n2c(C)[n+](-c3c(-n4c5ccccc5c5ccccc54)ccc4c5ccccc5n(-c5ccccc5)c34)c3ccccc32)cccc1C(C)(C)C.Cc1c(-n2c(C)[n+](-c3c4c(cc5c6ccccc6n(-c6ccccc6)c35)c3ccccc3n4-c3ccccc3)c3ccccc32)cccc1C(C)(C)C. The minimum absolute atomic E-state index is 0.0118. The van der Waals surface area contributed by atoms with Crippen LogP contribution in [-0.2, 0) is 16.2 Å². The molecule has 0 radical (unpaired) electrons. The summed E-state index contributed by atoms with van der Waals surface area (Å²) in [5.74, 6) is 3.45. The number of fused-ring (bicyclic) bond motifs is 18. The van der Waals surface area contributed by atoms with Crippen molar-refractivity contribution < 1.29 is 13.7 Å². The Morgan fingerprint density at radius 1 is 0.171 bits per heavy atom. The molecule has 27 rings (SSSR count). The lowest BCUT2D eigenvalue weighted by atomic mass is 9.83. The molecule has 0 amide bonds. The number of hydrogen-bond donors (Lipinski definition) is 0. The topological polar surface area (TPSA) is 51.1 Å². The van der Waals surface area contributed by atoms with Crippen molar-refractivity contribution in [2.24, 2.45) is 0 Å². The monoisotopic (exact) mass is 1890 g/mol. The second-order valence-electron chi connectivity index (χ2n) is 42.4. The Morgan fingerprint density at radius 3 is 0.815 bits per heavy atom. The van der Waals surface area contributed by atoms with Crippen molar-refractivity contribution in [2.75, 3.05) is 0 Å². The smallest absolute Gasteiger partial charge is 0.264 e. The molecule has 0 aliphatic rings. The van der Waals surface area contributed by atoms with Gasteiger partial charge >= 0.3 is 0 Å². The molecule has 11 nitrogen and oxygen atoms in total. The van der Waals surface area contributed by atoms with Crippen LogP contribution in [0.1, 0.15) is 113 Å². The van der Waals surface area contributed by atoms with Crippen LogP contribution < -0.4 is 13.7 Å². The van der Waals surface area contributed by atoms with E-state index >= 15 is 0 Å². The first kappa shape index (κ1) is 89.9. The van der Waals surface area contributed by atoms with Gasteiger partial charge in [0.1, 0.15) is 39.1 Å². The summed E-state index contributed by atoms with van der Waals surface area (Å²) in [5, 5.41) is 12.4. The Hall–Kier alpha value is -17.4. The highest BCUT2D eigenvalue weighted by molar-refractivity contribution is 6.23. The van der Waals surface area contributed by atoms with Crippen LogP contribution in [-0.4, -0.2) is 36.5 Å². The van der Waals surface area contributed by atoms with Gasteiger partial charge in [0, 0.05) is 97.4 Å². The van der Waals surface area contributed by atoms with Gasteiger partial charge in [0.2, 0.25) is 0 Å². The lowest BCUT2D eigenvalue weighted by Gasteiger charge is -2.22. The average molecular weight is 1890 g/mol. The molecule has 19 aromatic carbocycles. The van der Waals surface area contributed by atoms with Crippen molar-refractivity contribution in [3.63, 3.8) is 0 Å². The Morgan fingerprint density at radius 2 is 0.432 bits per heavy atom. The Labute approximate surface area is 850 Å². The van der Waals surface area contributed by atoms with Gasteiger partial charge in [-0.15, -0.1) is 0 Å². The van der Waals surface area contributed by atoms with Gasteiger partial charge in [-0.25, -0.2) is 0 Å². The molecule has 0 N–H and O–H groups in total.